The lowest BCUT2D eigenvalue weighted by Gasteiger charge is -2.55. The molecule has 0 saturated heterocycles. The molecule has 3 atom stereocenters. The third kappa shape index (κ3) is 2.71. The van der Waals surface area contributed by atoms with Crippen molar-refractivity contribution in [2.45, 2.75) is 58.9 Å². The van der Waals surface area contributed by atoms with Gasteiger partial charge in [0, 0.05) is 6.04 Å². The summed E-state index contributed by atoms with van der Waals surface area (Å²) in [6.45, 7) is 10.9. The average molecular weight is 275 g/mol. The molecule has 2 rings (SSSR count). The summed E-state index contributed by atoms with van der Waals surface area (Å²) in [5.41, 5.74) is 1.75. The quantitative estimate of drug-likeness (QED) is 0.798. The molecule has 1 aliphatic carbocycles. The van der Waals surface area contributed by atoms with Gasteiger partial charge in [0.2, 0.25) is 0 Å². The Morgan fingerprint density at radius 1 is 1.25 bits per heavy atom. The summed E-state index contributed by atoms with van der Waals surface area (Å²) in [7, 11) is 0. The van der Waals surface area contributed by atoms with Crippen LogP contribution < -0.4 is 10.1 Å². The third-order valence-corrected chi connectivity index (χ3v) is 5.06. The van der Waals surface area contributed by atoms with E-state index >= 15 is 0 Å². The summed E-state index contributed by atoms with van der Waals surface area (Å²) in [6.07, 6.45) is 3.64. The second kappa shape index (κ2) is 6.62. The topological polar surface area (TPSA) is 21.3 Å². The largest absolute Gasteiger partial charge is 0.494 e. The Morgan fingerprint density at radius 3 is 2.65 bits per heavy atom. The minimum atomic E-state index is 0.350. The lowest BCUT2D eigenvalue weighted by molar-refractivity contribution is 0.0428. The molecular weight excluding hydrogens is 246 g/mol. The molecule has 0 heterocycles. The summed E-state index contributed by atoms with van der Waals surface area (Å²) in [4.78, 5) is 0. The first kappa shape index (κ1) is 15.4. The van der Waals surface area contributed by atoms with Crippen LogP contribution in [0.15, 0.2) is 24.3 Å². The van der Waals surface area contributed by atoms with Crippen LogP contribution in [-0.4, -0.2) is 19.2 Å². The van der Waals surface area contributed by atoms with Crippen molar-refractivity contribution in [1.82, 2.24) is 5.32 Å². The van der Waals surface area contributed by atoms with Gasteiger partial charge in [-0.05, 0) is 55.7 Å². The summed E-state index contributed by atoms with van der Waals surface area (Å²) in [6, 6.07) is 9.22. The van der Waals surface area contributed by atoms with Gasteiger partial charge < -0.3 is 10.1 Å². The highest BCUT2D eigenvalue weighted by atomic mass is 16.5. The average Bonchev–Trinajstić information content (AvgIpc) is 2.47. The molecule has 0 spiro atoms. The van der Waals surface area contributed by atoms with Gasteiger partial charge in [-0.1, -0.05) is 39.0 Å². The van der Waals surface area contributed by atoms with Crippen molar-refractivity contribution in [2.24, 2.45) is 5.41 Å². The van der Waals surface area contributed by atoms with Crippen LogP contribution in [-0.2, 0) is 0 Å². The standard InChI is InChI=1S/C18H29NO/c1-5-12-19-17-13-15(18(17,4)6-2)14-10-8-9-11-16(14)20-7-3/h8-11,15,17,19H,5-7,12-13H2,1-4H3. The van der Waals surface area contributed by atoms with Crippen LogP contribution >= 0.6 is 0 Å². The Balaban J connectivity index is 2.17. The predicted octanol–water partition coefficient (Wildman–Crippen LogP) is 4.36. The van der Waals surface area contributed by atoms with E-state index in [0.29, 0.717) is 17.4 Å². The van der Waals surface area contributed by atoms with E-state index in [4.69, 9.17) is 4.74 Å². The lowest BCUT2D eigenvalue weighted by atomic mass is 9.54. The van der Waals surface area contributed by atoms with Gasteiger partial charge in [0.05, 0.1) is 6.61 Å². The molecular formula is C18H29NO. The number of hydrogen-bond acceptors (Lipinski definition) is 2. The second-order valence-electron chi connectivity index (χ2n) is 6.13. The smallest absolute Gasteiger partial charge is 0.122 e. The first-order valence-corrected chi connectivity index (χ1v) is 8.12. The zero-order chi connectivity index (χ0) is 14.6. The fourth-order valence-corrected chi connectivity index (χ4v) is 3.52. The molecule has 1 fully saturated rings. The van der Waals surface area contributed by atoms with Gasteiger partial charge in [-0.2, -0.15) is 0 Å². The van der Waals surface area contributed by atoms with Crippen molar-refractivity contribution in [3.63, 3.8) is 0 Å². The first-order valence-electron chi connectivity index (χ1n) is 8.12. The van der Waals surface area contributed by atoms with Crippen molar-refractivity contribution in [3.8, 4) is 5.75 Å². The zero-order valence-corrected chi connectivity index (χ0v) is 13.4. The molecule has 2 nitrogen and oxygen atoms in total. The molecule has 2 heteroatoms. The molecule has 112 valence electrons. The molecule has 0 amide bonds. The molecule has 1 aromatic rings. The number of rotatable bonds is 7. The Hall–Kier alpha value is -1.02. The van der Waals surface area contributed by atoms with Crippen LogP contribution in [0.25, 0.3) is 0 Å². The van der Waals surface area contributed by atoms with Crippen LogP contribution in [0.1, 0.15) is 58.4 Å². The molecule has 0 bridgehead atoms. The van der Waals surface area contributed by atoms with Crippen LogP contribution in [0, 0.1) is 5.41 Å². The Morgan fingerprint density at radius 2 is 2.00 bits per heavy atom. The number of ether oxygens (including phenoxy) is 1. The fraction of sp³-hybridized carbons (Fsp3) is 0.667. The van der Waals surface area contributed by atoms with Crippen molar-refractivity contribution < 1.29 is 4.74 Å². The summed E-state index contributed by atoms with van der Waals surface area (Å²) < 4.78 is 5.83. The maximum absolute atomic E-state index is 5.83. The first-order chi connectivity index (χ1) is 9.67. The predicted molar refractivity (Wildman–Crippen MR) is 85.4 cm³/mol. The molecule has 20 heavy (non-hydrogen) atoms. The molecule has 1 N–H and O–H groups in total. The Labute approximate surface area is 123 Å². The Bertz CT molecular complexity index is 431. The van der Waals surface area contributed by atoms with E-state index in [1.54, 1.807) is 0 Å². The van der Waals surface area contributed by atoms with Crippen molar-refractivity contribution in [2.75, 3.05) is 13.2 Å². The maximum atomic E-state index is 5.83. The normalized spacial score (nSPS) is 29.0. The molecule has 0 aromatic heterocycles. The van der Waals surface area contributed by atoms with Gasteiger partial charge in [0.25, 0.3) is 0 Å². The van der Waals surface area contributed by atoms with Crippen molar-refractivity contribution in [3.05, 3.63) is 29.8 Å². The third-order valence-electron chi connectivity index (χ3n) is 5.06. The van der Waals surface area contributed by atoms with Crippen LogP contribution in [0.5, 0.6) is 5.75 Å². The van der Waals surface area contributed by atoms with Gasteiger partial charge in [-0.25, -0.2) is 0 Å². The summed E-state index contributed by atoms with van der Waals surface area (Å²) in [5.74, 6) is 1.69. The Kier molecular flexibility index (Phi) is 5.09. The highest BCUT2D eigenvalue weighted by Crippen LogP contribution is 2.56. The second-order valence-corrected chi connectivity index (χ2v) is 6.13. The zero-order valence-electron chi connectivity index (χ0n) is 13.4. The molecule has 0 aliphatic heterocycles. The van der Waals surface area contributed by atoms with E-state index in [1.807, 2.05) is 0 Å². The highest BCUT2D eigenvalue weighted by Gasteiger charge is 2.51. The van der Waals surface area contributed by atoms with Gasteiger partial charge in [-0.3, -0.25) is 0 Å². The van der Waals surface area contributed by atoms with Gasteiger partial charge >= 0.3 is 0 Å². The van der Waals surface area contributed by atoms with Crippen LogP contribution in [0.3, 0.4) is 0 Å². The van der Waals surface area contributed by atoms with Gasteiger partial charge in [0.15, 0.2) is 0 Å². The monoisotopic (exact) mass is 275 g/mol. The molecule has 1 aliphatic rings. The fourth-order valence-electron chi connectivity index (χ4n) is 3.52. The van der Waals surface area contributed by atoms with Crippen LogP contribution in [0.4, 0.5) is 0 Å². The molecule has 1 aromatic carbocycles. The van der Waals surface area contributed by atoms with E-state index in [1.165, 1.54) is 24.8 Å². The minimum absolute atomic E-state index is 0.350. The number of benzene rings is 1. The SMILES string of the molecule is CCCNC1CC(c2ccccc2OCC)C1(C)CC. The van der Waals surface area contributed by atoms with E-state index in [0.717, 1.165) is 18.9 Å². The molecule has 1 saturated carbocycles. The number of para-hydroxylation sites is 1. The minimum Gasteiger partial charge on any atom is -0.494 e. The van der Waals surface area contributed by atoms with Crippen LogP contribution in [0.2, 0.25) is 0 Å². The van der Waals surface area contributed by atoms with E-state index in [2.05, 4.69) is 57.3 Å². The van der Waals surface area contributed by atoms with E-state index < -0.39 is 0 Å². The number of hydrogen-bond donors (Lipinski definition) is 1. The van der Waals surface area contributed by atoms with E-state index in [-0.39, 0.29) is 0 Å². The van der Waals surface area contributed by atoms with Gasteiger partial charge in [0.1, 0.15) is 5.75 Å². The number of nitrogens with one attached hydrogen (secondary N) is 1. The molecule has 3 unspecified atom stereocenters. The van der Waals surface area contributed by atoms with E-state index in [9.17, 15) is 0 Å². The highest BCUT2D eigenvalue weighted by molar-refractivity contribution is 5.40. The van der Waals surface area contributed by atoms with Gasteiger partial charge in [-0.15, -0.1) is 0 Å². The lowest BCUT2D eigenvalue weighted by Crippen LogP contribution is -2.56. The van der Waals surface area contributed by atoms with Crippen molar-refractivity contribution >= 4 is 0 Å². The molecule has 0 radical (unpaired) electrons. The maximum Gasteiger partial charge on any atom is 0.122 e. The summed E-state index contributed by atoms with van der Waals surface area (Å²) in [5, 5.41) is 3.72. The summed E-state index contributed by atoms with van der Waals surface area (Å²) >= 11 is 0. The van der Waals surface area contributed by atoms with Crippen molar-refractivity contribution in [1.29, 1.82) is 0 Å².